The minimum absolute atomic E-state index is 0. The number of nitrogens with zero attached hydrogens (tertiary/aromatic N) is 1. The monoisotopic (exact) mass is 536 g/mol. The second-order valence-corrected chi connectivity index (χ2v) is 7.57. The van der Waals surface area contributed by atoms with E-state index in [2.05, 4.69) is 47.7 Å². The van der Waals surface area contributed by atoms with Crippen LogP contribution in [-0.4, -0.2) is 31.1 Å². The van der Waals surface area contributed by atoms with E-state index in [1.807, 2.05) is 24.3 Å². The van der Waals surface area contributed by atoms with Gasteiger partial charge in [0.15, 0.2) is 12.6 Å². The first-order valence-corrected chi connectivity index (χ1v) is 10.8. The number of amides is 1. The van der Waals surface area contributed by atoms with Gasteiger partial charge in [0.05, 0.1) is 0 Å². The second kappa shape index (κ2) is 12.5. The number of benzene rings is 2. The van der Waals surface area contributed by atoms with Crippen LogP contribution in [0.2, 0.25) is 0 Å². The smallest absolute Gasteiger partial charge is 0.258 e. The highest BCUT2D eigenvalue weighted by atomic mass is 127. The van der Waals surface area contributed by atoms with Crippen LogP contribution in [-0.2, 0) is 24.1 Å². The summed E-state index contributed by atoms with van der Waals surface area (Å²) in [6.45, 7) is 4.93. The molecule has 1 amide bonds. The lowest BCUT2D eigenvalue weighted by Crippen LogP contribution is -2.30. The molecule has 7 heteroatoms. The van der Waals surface area contributed by atoms with Crippen molar-refractivity contribution in [3.8, 4) is 5.75 Å². The maximum absolute atomic E-state index is 11.7. The van der Waals surface area contributed by atoms with E-state index < -0.39 is 0 Å². The molecule has 0 atom stereocenters. The maximum atomic E-state index is 11.7. The van der Waals surface area contributed by atoms with Gasteiger partial charge in [-0.25, -0.2) is 0 Å². The highest BCUT2D eigenvalue weighted by molar-refractivity contribution is 14.0. The van der Waals surface area contributed by atoms with Crippen LogP contribution in [0.3, 0.4) is 0 Å². The van der Waals surface area contributed by atoms with Crippen molar-refractivity contribution < 1.29 is 9.53 Å². The van der Waals surface area contributed by atoms with Crippen LogP contribution in [0.15, 0.2) is 47.5 Å². The molecular weight excluding hydrogens is 503 g/mol. The molecule has 1 saturated carbocycles. The van der Waals surface area contributed by atoms with E-state index in [1.165, 1.54) is 11.1 Å². The number of para-hydroxylation sites is 1. The molecular formula is C24H33IN4O2. The Hall–Kier alpha value is -2.29. The summed E-state index contributed by atoms with van der Waals surface area (Å²) in [5.41, 5.74) is 10.8. The standard InChI is InChI=1S/C24H32N4O2.HI/c1-3-18-6-5-7-19(4-2)23(18)28-24(25)26-15-14-17-8-12-21(13-9-17)30-16-22(29)27-20-10-11-20;/h5-9,12-13,20H,3-4,10-11,14-16H2,1-2H3,(H,27,29)(H3,25,26,28);1H. The van der Waals surface area contributed by atoms with Gasteiger partial charge in [-0.1, -0.05) is 44.2 Å². The van der Waals surface area contributed by atoms with Crippen molar-refractivity contribution in [3.63, 3.8) is 0 Å². The van der Waals surface area contributed by atoms with Crippen LogP contribution in [0.25, 0.3) is 0 Å². The summed E-state index contributed by atoms with van der Waals surface area (Å²) in [6, 6.07) is 14.4. The molecule has 1 aliphatic rings. The zero-order chi connectivity index (χ0) is 21.3. The Morgan fingerprint density at radius 3 is 2.32 bits per heavy atom. The number of carbonyl (C=O) groups excluding carboxylic acids is 1. The summed E-state index contributed by atoms with van der Waals surface area (Å²) in [7, 11) is 0. The van der Waals surface area contributed by atoms with E-state index in [0.29, 0.717) is 24.3 Å². The minimum Gasteiger partial charge on any atom is -0.484 e. The first kappa shape index (κ1) is 25.0. The molecule has 3 rings (SSSR count). The van der Waals surface area contributed by atoms with Crippen molar-refractivity contribution in [2.24, 2.45) is 10.7 Å². The number of halogens is 1. The highest BCUT2D eigenvalue weighted by Gasteiger charge is 2.23. The maximum Gasteiger partial charge on any atom is 0.258 e. The van der Waals surface area contributed by atoms with E-state index >= 15 is 0 Å². The van der Waals surface area contributed by atoms with Crippen molar-refractivity contribution in [1.29, 1.82) is 0 Å². The highest BCUT2D eigenvalue weighted by Crippen LogP contribution is 2.22. The van der Waals surface area contributed by atoms with Crippen LogP contribution >= 0.6 is 24.0 Å². The lowest BCUT2D eigenvalue weighted by atomic mass is 10.0. The quantitative estimate of drug-likeness (QED) is 0.243. The number of anilines is 1. The summed E-state index contributed by atoms with van der Waals surface area (Å²) in [6.07, 6.45) is 4.82. The van der Waals surface area contributed by atoms with E-state index in [4.69, 9.17) is 10.5 Å². The Bertz CT molecular complexity index is 857. The zero-order valence-electron chi connectivity index (χ0n) is 18.3. The van der Waals surface area contributed by atoms with Gasteiger partial charge in [0.2, 0.25) is 0 Å². The lowest BCUT2D eigenvalue weighted by molar-refractivity contribution is -0.123. The molecule has 2 aromatic carbocycles. The van der Waals surface area contributed by atoms with E-state index in [0.717, 1.165) is 43.4 Å². The summed E-state index contributed by atoms with van der Waals surface area (Å²) in [5, 5.41) is 6.20. The van der Waals surface area contributed by atoms with Gasteiger partial charge in [-0.05, 0) is 60.9 Å². The molecule has 4 N–H and O–H groups in total. The Morgan fingerprint density at radius 1 is 1.10 bits per heavy atom. The molecule has 2 aromatic rings. The molecule has 0 unspecified atom stereocenters. The van der Waals surface area contributed by atoms with Gasteiger partial charge >= 0.3 is 0 Å². The van der Waals surface area contributed by atoms with Crippen molar-refractivity contribution in [3.05, 3.63) is 59.2 Å². The minimum atomic E-state index is -0.0604. The number of nitrogens with one attached hydrogen (secondary N) is 2. The molecule has 0 heterocycles. The van der Waals surface area contributed by atoms with Gasteiger partial charge in [0.1, 0.15) is 5.75 Å². The van der Waals surface area contributed by atoms with E-state index in [-0.39, 0.29) is 36.5 Å². The topological polar surface area (TPSA) is 88.7 Å². The molecule has 31 heavy (non-hydrogen) atoms. The van der Waals surface area contributed by atoms with Crippen molar-refractivity contribution in [2.75, 3.05) is 18.5 Å². The lowest BCUT2D eigenvalue weighted by Gasteiger charge is -2.14. The first-order valence-electron chi connectivity index (χ1n) is 10.8. The fourth-order valence-electron chi connectivity index (χ4n) is 3.27. The Morgan fingerprint density at radius 2 is 1.74 bits per heavy atom. The number of nitrogens with two attached hydrogens (primary N) is 1. The average molecular weight is 536 g/mol. The molecule has 168 valence electrons. The third kappa shape index (κ3) is 8.05. The van der Waals surface area contributed by atoms with Gasteiger partial charge < -0.3 is 21.1 Å². The normalized spacial score (nSPS) is 13.3. The van der Waals surface area contributed by atoms with Crippen LogP contribution in [0, 0.1) is 0 Å². The van der Waals surface area contributed by atoms with Crippen molar-refractivity contribution in [2.45, 2.75) is 52.0 Å². The largest absolute Gasteiger partial charge is 0.484 e. The summed E-state index contributed by atoms with van der Waals surface area (Å²) in [4.78, 5) is 16.2. The number of hydrogen-bond acceptors (Lipinski definition) is 3. The third-order valence-electron chi connectivity index (χ3n) is 5.17. The summed E-state index contributed by atoms with van der Waals surface area (Å²) >= 11 is 0. The number of rotatable bonds is 10. The number of carbonyl (C=O) groups is 1. The molecule has 0 radical (unpaired) electrons. The van der Waals surface area contributed by atoms with Gasteiger partial charge in [-0.15, -0.1) is 24.0 Å². The number of guanidine groups is 1. The van der Waals surface area contributed by atoms with Crippen LogP contribution in [0.4, 0.5) is 5.69 Å². The zero-order valence-corrected chi connectivity index (χ0v) is 20.6. The molecule has 0 saturated heterocycles. The van der Waals surface area contributed by atoms with Crippen molar-refractivity contribution >= 4 is 41.5 Å². The molecule has 0 spiro atoms. The molecule has 0 aromatic heterocycles. The van der Waals surface area contributed by atoms with Crippen molar-refractivity contribution in [1.82, 2.24) is 5.32 Å². The Labute approximate surface area is 202 Å². The third-order valence-corrected chi connectivity index (χ3v) is 5.17. The predicted molar refractivity (Wildman–Crippen MR) is 138 cm³/mol. The molecule has 1 fully saturated rings. The summed E-state index contributed by atoms with van der Waals surface area (Å²) in [5.74, 6) is 1.07. The SMILES string of the molecule is CCc1cccc(CC)c1NC(N)=NCCc1ccc(OCC(=O)NC2CC2)cc1.I. The van der Waals surface area contributed by atoms with E-state index in [1.54, 1.807) is 0 Å². The fraction of sp³-hybridized carbons (Fsp3) is 0.417. The fourth-order valence-corrected chi connectivity index (χ4v) is 3.27. The van der Waals surface area contributed by atoms with Gasteiger partial charge in [0, 0.05) is 18.3 Å². The number of ether oxygens (including phenoxy) is 1. The van der Waals surface area contributed by atoms with Gasteiger partial charge in [0.25, 0.3) is 5.91 Å². The van der Waals surface area contributed by atoms with Crippen LogP contribution in [0.1, 0.15) is 43.4 Å². The molecule has 0 bridgehead atoms. The Balaban J connectivity index is 0.00000341. The second-order valence-electron chi connectivity index (χ2n) is 7.57. The molecule has 0 aliphatic heterocycles. The van der Waals surface area contributed by atoms with Crippen LogP contribution in [0.5, 0.6) is 5.75 Å². The van der Waals surface area contributed by atoms with E-state index in [9.17, 15) is 4.79 Å². The average Bonchev–Trinajstić information content (AvgIpc) is 3.57. The number of hydrogen-bond donors (Lipinski definition) is 3. The number of aryl methyl sites for hydroxylation is 2. The van der Waals surface area contributed by atoms with Crippen LogP contribution < -0.4 is 21.1 Å². The predicted octanol–water partition coefficient (Wildman–Crippen LogP) is 4.06. The summed E-state index contributed by atoms with van der Waals surface area (Å²) < 4.78 is 5.53. The Kier molecular flexibility index (Phi) is 10.1. The molecule has 6 nitrogen and oxygen atoms in total. The first-order chi connectivity index (χ1) is 14.6. The molecule has 1 aliphatic carbocycles. The van der Waals surface area contributed by atoms with Gasteiger partial charge in [-0.2, -0.15) is 0 Å². The number of aliphatic imine (C=N–C) groups is 1. The van der Waals surface area contributed by atoms with Gasteiger partial charge in [-0.3, -0.25) is 9.79 Å².